The summed E-state index contributed by atoms with van der Waals surface area (Å²) in [6.45, 7) is 4.89. The number of hydrogen-bond acceptors (Lipinski definition) is 6. The molecule has 4 rings (SSSR count). The van der Waals surface area contributed by atoms with Crippen LogP contribution in [0.2, 0.25) is 0 Å². The van der Waals surface area contributed by atoms with E-state index in [0.717, 1.165) is 49.6 Å². The molecule has 1 aliphatic rings. The van der Waals surface area contributed by atoms with Crippen LogP contribution in [-0.4, -0.2) is 63.4 Å². The van der Waals surface area contributed by atoms with Gasteiger partial charge in [0.25, 0.3) is 11.6 Å². The van der Waals surface area contributed by atoms with Crippen molar-refractivity contribution < 1.29 is 9.72 Å². The van der Waals surface area contributed by atoms with Gasteiger partial charge in [-0.05, 0) is 31.3 Å². The SMILES string of the molecule is CN1CCN(Cc2nc3cc(NC(=O)c4ccccc4[N+](=O)[O-])ccc3n2C)CC1. The highest BCUT2D eigenvalue weighted by Gasteiger charge is 2.20. The van der Waals surface area contributed by atoms with Crippen molar-refractivity contribution in [1.29, 1.82) is 0 Å². The van der Waals surface area contributed by atoms with Gasteiger partial charge in [-0.3, -0.25) is 19.8 Å². The third-order valence-corrected chi connectivity index (χ3v) is 5.54. The van der Waals surface area contributed by atoms with Gasteiger partial charge in [0.1, 0.15) is 11.4 Å². The fourth-order valence-electron chi connectivity index (χ4n) is 3.70. The molecule has 2 heterocycles. The quantitative estimate of drug-likeness (QED) is 0.515. The molecule has 3 aromatic rings. The summed E-state index contributed by atoms with van der Waals surface area (Å²) in [5.74, 6) is 0.451. The molecule has 0 saturated carbocycles. The van der Waals surface area contributed by atoms with Crippen LogP contribution in [0.5, 0.6) is 0 Å². The van der Waals surface area contributed by atoms with Gasteiger partial charge < -0.3 is 14.8 Å². The van der Waals surface area contributed by atoms with Gasteiger partial charge in [-0.1, -0.05) is 12.1 Å². The number of aryl methyl sites for hydroxylation is 1. The van der Waals surface area contributed by atoms with Crippen LogP contribution in [0.4, 0.5) is 11.4 Å². The predicted molar refractivity (Wildman–Crippen MR) is 115 cm³/mol. The molecular weight excluding hydrogens is 384 g/mol. The third-order valence-electron chi connectivity index (χ3n) is 5.54. The molecule has 9 nitrogen and oxygen atoms in total. The van der Waals surface area contributed by atoms with Gasteiger partial charge in [0, 0.05) is 45.0 Å². The van der Waals surface area contributed by atoms with Gasteiger partial charge >= 0.3 is 0 Å². The maximum absolute atomic E-state index is 12.6. The summed E-state index contributed by atoms with van der Waals surface area (Å²) in [5.41, 5.74) is 2.11. The molecule has 1 aliphatic heterocycles. The van der Waals surface area contributed by atoms with Gasteiger partial charge in [-0.15, -0.1) is 0 Å². The molecule has 0 spiro atoms. The molecule has 0 aliphatic carbocycles. The zero-order chi connectivity index (χ0) is 21.3. The third kappa shape index (κ3) is 4.03. The Morgan fingerprint density at radius 1 is 1.13 bits per heavy atom. The number of carbonyl (C=O) groups is 1. The van der Waals surface area contributed by atoms with Crippen molar-refractivity contribution in [3.63, 3.8) is 0 Å². The van der Waals surface area contributed by atoms with Crippen LogP contribution >= 0.6 is 0 Å². The van der Waals surface area contributed by atoms with Crippen LogP contribution in [0.3, 0.4) is 0 Å². The summed E-state index contributed by atoms with van der Waals surface area (Å²) in [6, 6.07) is 11.4. The number of nitro benzene ring substituents is 1. The Hall–Kier alpha value is -3.30. The number of nitro groups is 1. The second-order valence-corrected chi connectivity index (χ2v) is 7.60. The normalized spacial score (nSPS) is 15.4. The summed E-state index contributed by atoms with van der Waals surface area (Å²) in [4.78, 5) is 32.7. The molecule has 156 valence electrons. The Morgan fingerprint density at radius 3 is 2.60 bits per heavy atom. The van der Waals surface area contributed by atoms with Crippen LogP contribution in [0, 0.1) is 10.1 Å². The second-order valence-electron chi connectivity index (χ2n) is 7.60. The van der Waals surface area contributed by atoms with Gasteiger partial charge in [0.05, 0.1) is 22.5 Å². The minimum Gasteiger partial charge on any atom is -0.330 e. The van der Waals surface area contributed by atoms with E-state index >= 15 is 0 Å². The zero-order valence-electron chi connectivity index (χ0n) is 17.0. The number of carbonyl (C=O) groups excluding carboxylic acids is 1. The predicted octanol–water partition coefficient (Wildman–Crippen LogP) is 2.48. The van der Waals surface area contributed by atoms with Gasteiger partial charge in [0.15, 0.2) is 0 Å². The van der Waals surface area contributed by atoms with E-state index < -0.39 is 10.8 Å². The first-order chi connectivity index (χ1) is 14.4. The van der Waals surface area contributed by atoms with E-state index in [9.17, 15) is 14.9 Å². The van der Waals surface area contributed by atoms with Crippen LogP contribution in [0.25, 0.3) is 11.0 Å². The molecule has 1 fully saturated rings. The first-order valence-electron chi connectivity index (χ1n) is 9.83. The number of nitrogens with zero attached hydrogens (tertiary/aromatic N) is 5. The lowest BCUT2D eigenvalue weighted by Gasteiger charge is -2.31. The Bertz CT molecular complexity index is 1100. The van der Waals surface area contributed by atoms with Crippen LogP contribution in [-0.2, 0) is 13.6 Å². The summed E-state index contributed by atoms with van der Waals surface area (Å²) in [6.07, 6.45) is 0. The molecule has 1 amide bonds. The molecule has 30 heavy (non-hydrogen) atoms. The van der Waals surface area contributed by atoms with Crippen molar-refractivity contribution >= 4 is 28.3 Å². The van der Waals surface area contributed by atoms with Gasteiger partial charge in [-0.25, -0.2) is 4.98 Å². The molecule has 1 N–H and O–H groups in total. The first-order valence-corrected chi connectivity index (χ1v) is 9.83. The largest absolute Gasteiger partial charge is 0.330 e. The zero-order valence-corrected chi connectivity index (χ0v) is 17.0. The van der Waals surface area contributed by atoms with Crippen LogP contribution in [0.1, 0.15) is 16.2 Å². The van der Waals surface area contributed by atoms with E-state index in [4.69, 9.17) is 4.98 Å². The van der Waals surface area contributed by atoms with Crippen molar-refractivity contribution in [3.8, 4) is 0 Å². The summed E-state index contributed by atoms with van der Waals surface area (Å²) in [5, 5.41) is 13.9. The number of imidazole rings is 1. The molecule has 9 heteroatoms. The maximum Gasteiger partial charge on any atom is 0.282 e. The van der Waals surface area contributed by atoms with Crippen molar-refractivity contribution in [2.45, 2.75) is 6.54 Å². The molecule has 0 unspecified atom stereocenters. The van der Waals surface area contributed by atoms with Crippen molar-refractivity contribution in [1.82, 2.24) is 19.4 Å². The number of likely N-dealkylation sites (N-methyl/N-ethyl adjacent to an activating group) is 1. The molecule has 0 bridgehead atoms. The van der Waals surface area contributed by atoms with E-state index in [1.54, 1.807) is 18.2 Å². The van der Waals surface area contributed by atoms with Gasteiger partial charge in [0.2, 0.25) is 0 Å². The fourth-order valence-corrected chi connectivity index (χ4v) is 3.70. The standard InChI is InChI=1S/C21H24N6O3/c1-24-9-11-26(12-10-24)14-20-23-17-13-15(7-8-19(17)25(20)2)22-21(28)16-5-3-4-6-18(16)27(29)30/h3-8,13H,9-12,14H2,1-2H3,(H,22,28). The van der Waals surface area contributed by atoms with E-state index in [1.807, 2.05) is 13.1 Å². The minimum atomic E-state index is -0.554. The molecule has 0 radical (unpaired) electrons. The maximum atomic E-state index is 12.6. The number of benzene rings is 2. The lowest BCUT2D eigenvalue weighted by atomic mass is 10.1. The monoisotopic (exact) mass is 408 g/mol. The summed E-state index contributed by atoms with van der Waals surface area (Å²) >= 11 is 0. The lowest BCUT2D eigenvalue weighted by molar-refractivity contribution is -0.385. The number of aromatic nitrogens is 2. The number of fused-ring (bicyclic) bond motifs is 1. The number of hydrogen-bond donors (Lipinski definition) is 1. The Morgan fingerprint density at radius 2 is 1.87 bits per heavy atom. The highest BCUT2D eigenvalue weighted by Crippen LogP contribution is 2.23. The number of piperazine rings is 1. The smallest absolute Gasteiger partial charge is 0.282 e. The summed E-state index contributed by atoms with van der Waals surface area (Å²) < 4.78 is 2.07. The number of nitrogens with one attached hydrogen (secondary N) is 1. The highest BCUT2D eigenvalue weighted by molar-refractivity contribution is 6.07. The Balaban J connectivity index is 1.54. The molecule has 1 aromatic heterocycles. The minimum absolute atomic E-state index is 0.0272. The molecule has 1 saturated heterocycles. The lowest BCUT2D eigenvalue weighted by Crippen LogP contribution is -2.44. The summed E-state index contributed by atoms with van der Waals surface area (Å²) in [7, 11) is 4.12. The van der Waals surface area contributed by atoms with E-state index in [1.165, 1.54) is 18.2 Å². The number of rotatable bonds is 5. The van der Waals surface area contributed by atoms with Crippen LogP contribution in [0.15, 0.2) is 42.5 Å². The first kappa shape index (κ1) is 20.0. The van der Waals surface area contributed by atoms with E-state index in [-0.39, 0.29) is 11.3 Å². The van der Waals surface area contributed by atoms with E-state index in [2.05, 4.69) is 26.7 Å². The highest BCUT2D eigenvalue weighted by atomic mass is 16.6. The van der Waals surface area contributed by atoms with Crippen molar-refractivity contribution in [2.75, 3.05) is 38.5 Å². The van der Waals surface area contributed by atoms with Crippen molar-refractivity contribution in [2.24, 2.45) is 7.05 Å². The average Bonchev–Trinajstić information content (AvgIpc) is 3.04. The van der Waals surface area contributed by atoms with Crippen molar-refractivity contribution in [3.05, 3.63) is 64.0 Å². The number of amides is 1. The number of anilines is 1. The number of para-hydroxylation sites is 1. The van der Waals surface area contributed by atoms with Gasteiger partial charge in [-0.2, -0.15) is 0 Å². The average molecular weight is 408 g/mol. The molecular formula is C21H24N6O3. The molecule has 2 aromatic carbocycles. The van der Waals surface area contributed by atoms with E-state index in [0.29, 0.717) is 5.69 Å². The van der Waals surface area contributed by atoms with Crippen LogP contribution < -0.4 is 5.32 Å². The topological polar surface area (TPSA) is 96.5 Å². The second kappa shape index (κ2) is 8.21. The Labute approximate surface area is 174 Å². The fraction of sp³-hybridized carbons (Fsp3) is 0.333. The Kier molecular flexibility index (Phi) is 5.47. The molecule has 0 atom stereocenters.